The van der Waals surface area contributed by atoms with Gasteiger partial charge in [-0.1, -0.05) is 38.3 Å². The number of benzene rings is 1. The van der Waals surface area contributed by atoms with E-state index in [9.17, 15) is 4.39 Å². The number of rotatable bonds is 8. The van der Waals surface area contributed by atoms with Gasteiger partial charge in [-0.15, -0.1) is 0 Å². The van der Waals surface area contributed by atoms with Gasteiger partial charge < -0.3 is 4.74 Å². The SMILES string of the molecule is CCCCCCc1ccc(C)cc1OCC=C(F)Br. The lowest BCUT2D eigenvalue weighted by molar-refractivity contribution is 0.356. The van der Waals surface area contributed by atoms with Crippen LogP contribution in [0.1, 0.15) is 43.7 Å². The predicted octanol–water partition coefficient (Wildman–Crippen LogP) is 5.70. The van der Waals surface area contributed by atoms with Gasteiger partial charge in [0.2, 0.25) is 0 Å². The lowest BCUT2D eigenvalue weighted by Crippen LogP contribution is -1.99. The Kier molecular flexibility index (Phi) is 7.80. The van der Waals surface area contributed by atoms with Crippen molar-refractivity contribution >= 4 is 15.9 Å². The maximum atomic E-state index is 12.6. The van der Waals surface area contributed by atoms with Crippen LogP contribution in [-0.4, -0.2) is 6.61 Å². The van der Waals surface area contributed by atoms with E-state index in [4.69, 9.17) is 4.74 Å². The third-order valence-corrected chi connectivity index (χ3v) is 3.32. The van der Waals surface area contributed by atoms with E-state index in [0.717, 1.165) is 17.7 Å². The van der Waals surface area contributed by atoms with Crippen molar-refractivity contribution in [3.63, 3.8) is 0 Å². The summed E-state index contributed by atoms with van der Waals surface area (Å²) in [5.74, 6) is 0.876. The van der Waals surface area contributed by atoms with Crippen molar-refractivity contribution in [1.82, 2.24) is 0 Å². The number of halogens is 2. The molecule has 0 bridgehead atoms. The summed E-state index contributed by atoms with van der Waals surface area (Å²) in [5.41, 5.74) is 2.38. The standard InChI is InChI=1S/C16H22BrFO/c1-3-4-5-6-7-14-9-8-13(2)12-15(14)19-11-10-16(17)18/h8-10,12H,3-7,11H2,1-2H3. The zero-order valence-corrected chi connectivity index (χ0v) is 13.3. The van der Waals surface area contributed by atoms with Crippen LogP contribution in [0.5, 0.6) is 5.75 Å². The molecule has 0 saturated heterocycles. The van der Waals surface area contributed by atoms with Crippen LogP contribution in [0, 0.1) is 6.92 Å². The summed E-state index contributed by atoms with van der Waals surface area (Å²) in [6.07, 6.45) is 7.35. The fraction of sp³-hybridized carbons (Fsp3) is 0.500. The van der Waals surface area contributed by atoms with Crippen LogP contribution in [0.3, 0.4) is 0 Å². The second-order valence-electron chi connectivity index (χ2n) is 4.73. The first-order chi connectivity index (χ1) is 9.13. The van der Waals surface area contributed by atoms with E-state index < -0.39 is 0 Å². The maximum Gasteiger partial charge on any atom is 0.165 e. The molecule has 1 nitrogen and oxygen atoms in total. The van der Waals surface area contributed by atoms with E-state index in [1.54, 1.807) is 0 Å². The van der Waals surface area contributed by atoms with Crippen LogP contribution in [0.15, 0.2) is 29.0 Å². The largest absolute Gasteiger partial charge is 0.489 e. The lowest BCUT2D eigenvalue weighted by atomic mass is 10.0. The Balaban J connectivity index is 2.60. The fourth-order valence-electron chi connectivity index (χ4n) is 1.94. The zero-order valence-electron chi connectivity index (χ0n) is 11.7. The summed E-state index contributed by atoms with van der Waals surface area (Å²) in [5, 5.41) is 0. The van der Waals surface area contributed by atoms with Crippen molar-refractivity contribution in [1.29, 1.82) is 0 Å². The van der Waals surface area contributed by atoms with Crippen molar-refractivity contribution in [3.8, 4) is 5.75 Å². The number of hydrogen-bond donors (Lipinski definition) is 0. The molecule has 0 aliphatic carbocycles. The van der Waals surface area contributed by atoms with Crippen LogP contribution in [0.25, 0.3) is 0 Å². The normalized spacial score (nSPS) is 11.7. The van der Waals surface area contributed by atoms with Crippen molar-refractivity contribution in [2.45, 2.75) is 46.0 Å². The highest BCUT2D eigenvalue weighted by Crippen LogP contribution is 2.23. The second-order valence-corrected chi connectivity index (χ2v) is 5.48. The first-order valence-corrected chi connectivity index (χ1v) is 7.66. The molecular weight excluding hydrogens is 307 g/mol. The van der Waals surface area contributed by atoms with E-state index >= 15 is 0 Å². The molecule has 1 rings (SSSR count). The Hall–Kier alpha value is -0.830. The molecule has 0 unspecified atom stereocenters. The third-order valence-electron chi connectivity index (χ3n) is 3.00. The molecule has 0 heterocycles. The third kappa shape index (κ3) is 6.76. The van der Waals surface area contributed by atoms with Crippen LogP contribution in [0.2, 0.25) is 0 Å². The Morgan fingerprint density at radius 1 is 1.32 bits per heavy atom. The van der Waals surface area contributed by atoms with E-state index in [1.807, 2.05) is 13.0 Å². The van der Waals surface area contributed by atoms with Gasteiger partial charge in [-0.3, -0.25) is 0 Å². The quantitative estimate of drug-likeness (QED) is 0.556. The molecular formula is C16H22BrFO. The Bertz CT molecular complexity index is 411. The number of aryl methyl sites for hydroxylation is 2. The average molecular weight is 329 g/mol. The Morgan fingerprint density at radius 3 is 2.79 bits per heavy atom. The molecule has 106 valence electrons. The highest BCUT2D eigenvalue weighted by molar-refractivity contribution is 9.11. The molecule has 0 atom stereocenters. The molecule has 0 spiro atoms. The molecule has 0 radical (unpaired) electrons. The molecule has 0 N–H and O–H groups in total. The summed E-state index contributed by atoms with van der Waals surface area (Å²) in [4.78, 5) is 0. The molecule has 0 aliphatic heterocycles. The minimum Gasteiger partial charge on any atom is -0.489 e. The van der Waals surface area contributed by atoms with Gasteiger partial charge in [0.1, 0.15) is 12.4 Å². The molecule has 0 amide bonds. The maximum absolute atomic E-state index is 12.6. The number of ether oxygens (including phenoxy) is 1. The van der Waals surface area contributed by atoms with Gasteiger partial charge in [0.05, 0.1) is 0 Å². The van der Waals surface area contributed by atoms with Crippen LogP contribution in [0.4, 0.5) is 4.39 Å². The topological polar surface area (TPSA) is 9.23 Å². The van der Waals surface area contributed by atoms with Gasteiger partial charge in [-0.25, -0.2) is 0 Å². The van der Waals surface area contributed by atoms with E-state index in [-0.39, 0.29) is 11.3 Å². The van der Waals surface area contributed by atoms with Gasteiger partial charge in [0.25, 0.3) is 0 Å². The van der Waals surface area contributed by atoms with Crippen LogP contribution < -0.4 is 4.74 Å². The highest BCUT2D eigenvalue weighted by atomic mass is 79.9. The molecule has 0 aromatic heterocycles. The summed E-state index contributed by atoms with van der Waals surface area (Å²) in [6.45, 7) is 4.50. The highest BCUT2D eigenvalue weighted by Gasteiger charge is 2.04. The first-order valence-electron chi connectivity index (χ1n) is 6.87. The minimum atomic E-state index is -0.385. The summed E-state index contributed by atoms with van der Waals surface area (Å²) < 4.78 is 17.8. The van der Waals surface area contributed by atoms with Crippen molar-refractivity contribution < 1.29 is 9.13 Å². The molecule has 1 aromatic carbocycles. The second kappa shape index (κ2) is 9.13. The smallest absolute Gasteiger partial charge is 0.165 e. The van der Waals surface area contributed by atoms with E-state index in [0.29, 0.717) is 0 Å². The van der Waals surface area contributed by atoms with Crippen molar-refractivity contribution in [2.75, 3.05) is 6.61 Å². The summed E-state index contributed by atoms with van der Waals surface area (Å²) in [7, 11) is 0. The molecule has 19 heavy (non-hydrogen) atoms. The summed E-state index contributed by atoms with van der Waals surface area (Å²) >= 11 is 2.75. The molecule has 0 saturated carbocycles. The molecule has 3 heteroatoms. The van der Waals surface area contributed by atoms with E-state index in [1.165, 1.54) is 37.3 Å². The van der Waals surface area contributed by atoms with E-state index in [2.05, 4.69) is 35.0 Å². The Labute approximate surface area is 124 Å². The monoisotopic (exact) mass is 328 g/mol. The average Bonchev–Trinajstić information content (AvgIpc) is 2.36. The summed E-state index contributed by atoms with van der Waals surface area (Å²) in [6, 6.07) is 6.24. The van der Waals surface area contributed by atoms with Crippen LogP contribution in [-0.2, 0) is 6.42 Å². The van der Waals surface area contributed by atoms with Gasteiger partial charge >= 0.3 is 0 Å². The minimum absolute atomic E-state index is 0.252. The fourth-order valence-corrected chi connectivity index (χ4v) is 2.07. The van der Waals surface area contributed by atoms with Gasteiger partial charge in [-0.05, 0) is 59.0 Å². The van der Waals surface area contributed by atoms with Gasteiger partial charge in [0, 0.05) is 0 Å². The predicted molar refractivity (Wildman–Crippen MR) is 82.6 cm³/mol. The number of hydrogen-bond acceptors (Lipinski definition) is 1. The van der Waals surface area contributed by atoms with Gasteiger partial charge in [-0.2, -0.15) is 4.39 Å². The zero-order chi connectivity index (χ0) is 14.1. The van der Waals surface area contributed by atoms with Crippen LogP contribution >= 0.6 is 15.9 Å². The molecule has 1 aromatic rings. The number of unbranched alkanes of at least 4 members (excludes halogenated alkanes) is 3. The Morgan fingerprint density at radius 2 is 2.11 bits per heavy atom. The van der Waals surface area contributed by atoms with Gasteiger partial charge in [0.15, 0.2) is 4.74 Å². The lowest BCUT2D eigenvalue weighted by Gasteiger charge is -2.11. The van der Waals surface area contributed by atoms with Crippen molar-refractivity contribution in [2.24, 2.45) is 0 Å². The first kappa shape index (κ1) is 16.2. The molecule has 0 aliphatic rings. The molecule has 0 fully saturated rings. The van der Waals surface area contributed by atoms with Crippen molar-refractivity contribution in [3.05, 3.63) is 40.1 Å².